The molecule has 0 unspecified atom stereocenters. The summed E-state index contributed by atoms with van der Waals surface area (Å²) in [5.74, 6) is 0.199. The van der Waals surface area contributed by atoms with E-state index in [0.29, 0.717) is 6.54 Å². The van der Waals surface area contributed by atoms with Crippen LogP contribution in [-0.4, -0.2) is 18.9 Å². The van der Waals surface area contributed by atoms with Gasteiger partial charge in [0.25, 0.3) is 0 Å². The number of hydrogen-bond acceptors (Lipinski definition) is 2. The zero-order chi connectivity index (χ0) is 6.69. The van der Waals surface area contributed by atoms with Crippen LogP contribution in [0.15, 0.2) is 11.6 Å². The van der Waals surface area contributed by atoms with Gasteiger partial charge in [-0.1, -0.05) is 5.57 Å². The maximum atomic E-state index is 10.8. The van der Waals surface area contributed by atoms with Crippen LogP contribution in [-0.2, 0) is 4.79 Å². The maximum absolute atomic E-state index is 10.8. The number of carbonyl (C=O) groups excluding carboxylic acids is 1. The molecule has 0 saturated carbocycles. The Labute approximate surface area is 54.9 Å². The molecule has 0 saturated heterocycles. The molecular formula is C7H11NO. The first-order valence-electron chi connectivity index (χ1n) is 3.20. The van der Waals surface area contributed by atoms with E-state index in [2.05, 4.69) is 5.32 Å². The molecule has 1 rings (SSSR count). The minimum absolute atomic E-state index is 0.199. The van der Waals surface area contributed by atoms with Crippen molar-refractivity contribution in [3.8, 4) is 0 Å². The third-order valence-corrected chi connectivity index (χ3v) is 1.40. The van der Waals surface area contributed by atoms with Gasteiger partial charge >= 0.3 is 0 Å². The van der Waals surface area contributed by atoms with Crippen LogP contribution in [0.1, 0.15) is 13.3 Å². The molecule has 0 atom stereocenters. The zero-order valence-corrected chi connectivity index (χ0v) is 5.61. The highest BCUT2D eigenvalue weighted by atomic mass is 16.1. The van der Waals surface area contributed by atoms with Crippen LogP contribution in [0, 0.1) is 0 Å². The second-order valence-corrected chi connectivity index (χ2v) is 2.38. The fourth-order valence-corrected chi connectivity index (χ4v) is 0.895. The standard InChI is InChI=1S/C7H11NO/c1-6-2-3-8-5-7(9)4-6/h4,8H,2-3,5H2,1H3. The van der Waals surface area contributed by atoms with E-state index in [9.17, 15) is 4.79 Å². The van der Waals surface area contributed by atoms with Gasteiger partial charge < -0.3 is 5.32 Å². The molecule has 2 nitrogen and oxygen atoms in total. The molecule has 0 radical (unpaired) electrons. The van der Waals surface area contributed by atoms with Gasteiger partial charge in [-0.2, -0.15) is 0 Å². The van der Waals surface area contributed by atoms with Gasteiger partial charge in [0.1, 0.15) is 0 Å². The zero-order valence-electron chi connectivity index (χ0n) is 5.61. The Bertz CT molecular complexity index is 149. The van der Waals surface area contributed by atoms with Crippen LogP contribution in [0.2, 0.25) is 0 Å². The Morgan fingerprint density at radius 1 is 1.67 bits per heavy atom. The minimum atomic E-state index is 0.199. The van der Waals surface area contributed by atoms with Crippen LogP contribution in [0.25, 0.3) is 0 Å². The van der Waals surface area contributed by atoms with Gasteiger partial charge in [0.15, 0.2) is 5.78 Å². The average Bonchev–Trinajstić information content (AvgIpc) is 1.93. The predicted molar refractivity (Wildman–Crippen MR) is 36.3 cm³/mol. The highest BCUT2D eigenvalue weighted by molar-refractivity contribution is 5.92. The minimum Gasteiger partial charge on any atom is -0.309 e. The first kappa shape index (κ1) is 6.49. The number of hydrogen-bond donors (Lipinski definition) is 1. The predicted octanol–water partition coefficient (Wildman–Crippen LogP) is 0.495. The smallest absolute Gasteiger partial charge is 0.169 e. The molecule has 0 aromatic carbocycles. The molecule has 1 N–H and O–H groups in total. The first-order valence-corrected chi connectivity index (χ1v) is 3.20. The molecule has 0 aromatic rings. The third kappa shape index (κ3) is 1.98. The highest BCUT2D eigenvalue weighted by Crippen LogP contribution is 2.00. The first-order chi connectivity index (χ1) is 4.29. The van der Waals surface area contributed by atoms with Gasteiger partial charge in [-0.05, 0) is 26.0 Å². The SMILES string of the molecule is CC1=CC(=O)CNCC1. The summed E-state index contributed by atoms with van der Waals surface area (Å²) in [7, 11) is 0. The van der Waals surface area contributed by atoms with Crippen molar-refractivity contribution in [2.75, 3.05) is 13.1 Å². The van der Waals surface area contributed by atoms with E-state index >= 15 is 0 Å². The third-order valence-electron chi connectivity index (χ3n) is 1.40. The van der Waals surface area contributed by atoms with Crippen LogP contribution in [0.3, 0.4) is 0 Å². The molecule has 1 heterocycles. The van der Waals surface area contributed by atoms with E-state index in [0.717, 1.165) is 13.0 Å². The van der Waals surface area contributed by atoms with Crippen LogP contribution >= 0.6 is 0 Å². The second-order valence-electron chi connectivity index (χ2n) is 2.38. The molecular weight excluding hydrogens is 114 g/mol. The summed E-state index contributed by atoms with van der Waals surface area (Å²) in [6.07, 6.45) is 2.73. The van der Waals surface area contributed by atoms with Crippen molar-refractivity contribution in [2.45, 2.75) is 13.3 Å². The molecule has 0 amide bonds. The maximum Gasteiger partial charge on any atom is 0.169 e. The summed E-state index contributed by atoms with van der Waals surface area (Å²) < 4.78 is 0. The molecule has 0 fully saturated rings. The molecule has 1 aliphatic heterocycles. The topological polar surface area (TPSA) is 29.1 Å². The van der Waals surface area contributed by atoms with E-state index in [1.54, 1.807) is 6.08 Å². The molecule has 2 heteroatoms. The quantitative estimate of drug-likeness (QED) is 0.510. The van der Waals surface area contributed by atoms with Crippen molar-refractivity contribution in [1.29, 1.82) is 0 Å². The molecule has 0 spiro atoms. The van der Waals surface area contributed by atoms with Gasteiger partial charge in [-0.15, -0.1) is 0 Å². The van der Waals surface area contributed by atoms with E-state index in [1.165, 1.54) is 5.57 Å². The number of nitrogens with one attached hydrogen (secondary N) is 1. The normalized spacial score (nSPS) is 21.0. The largest absolute Gasteiger partial charge is 0.309 e. The molecule has 0 aliphatic carbocycles. The van der Waals surface area contributed by atoms with Crippen LogP contribution in [0.5, 0.6) is 0 Å². The fraction of sp³-hybridized carbons (Fsp3) is 0.571. The highest BCUT2D eigenvalue weighted by Gasteiger charge is 2.02. The van der Waals surface area contributed by atoms with Gasteiger partial charge in [-0.25, -0.2) is 0 Å². The lowest BCUT2D eigenvalue weighted by Gasteiger charge is -1.93. The van der Waals surface area contributed by atoms with E-state index in [-0.39, 0.29) is 5.78 Å². The Hall–Kier alpha value is -0.630. The number of carbonyl (C=O) groups is 1. The van der Waals surface area contributed by atoms with Crippen LogP contribution in [0.4, 0.5) is 0 Å². The summed E-state index contributed by atoms with van der Waals surface area (Å²) in [5, 5.41) is 3.03. The van der Waals surface area contributed by atoms with E-state index < -0.39 is 0 Å². The Morgan fingerprint density at radius 2 is 2.44 bits per heavy atom. The summed E-state index contributed by atoms with van der Waals surface area (Å²) in [5.41, 5.74) is 1.19. The average molecular weight is 125 g/mol. The van der Waals surface area contributed by atoms with Gasteiger partial charge in [0.05, 0.1) is 6.54 Å². The van der Waals surface area contributed by atoms with Crippen molar-refractivity contribution in [1.82, 2.24) is 5.32 Å². The Kier molecular flexibility index (Phi) is 2.01. The lowest BCUT2D eigenvalue weighted by Crippen LogP contribution is -2.19. The summed E-state index contributed by atoms with van der Waals surface area (Å²) in [6.45, 7) is 3.44. The Balaban J connectivity index is 2.59. The second kappa shape index (κ2) is 2.78. The van der Waals surface area contributed by atoms with Crippen molar-refractivity contribution in [2.24, 2.45) is 0 Å². The molecule has 1 aliphatic rings. The van der Waals surface area contributed by atoms with Gasteiger partial charge in [0, 0.05) is 0 Å². The molecule has 50 valence electrons. The van der Waals surface area contributed by atoms with Crippen molar-refractivity contribution < 1.29 is 4.79 Å². The van der Waals surface area contributed by atoms with E-state index in [1.807, 2.05) is 6.92 Å². The summed E-state index contributed by atoms with van der Waals surface area (Å²) in [6, 6.07) is 0. The molecule has 9 heavy (non-hydrogen) atoms. The monoisotopic (exact) mass is 125 g/mol. The fourth-order valence-electron chi connectivity index (χ4n) is 0.895. The van der Waals surface area contributed by atoms with E-state index in [4.69, 9.17) is 0 Å². The van der Waals surface area contributed by atoms with Crippen molar-refractivity contribution >= 4 is 5.78 Å². The molecule has 0 bridgehead atoms. The lowest BCUT2D eigenvalue weighted by molar-refractivity contribution is -0.113. The number of rotatable bonds is 0. The Morgan fingerprint density at radius 3 is 3.22 bits per heavy atom. The van der Waals surface area contributed by atoms with Gasteiger partial charge in [-0.3, -0.25) is 4.79 Å². The molecule has 0 aromatic heterocycles. The summed E-state index contributed by atoms with van der Waals surface area (Å²) >= 11 is 0. The van der Waals surface area contributed by atoms with Crippen LogP contribution < -0.4 is 5.32 Å². The number of ketones is 1. The summed E-state index contributed by atoms with van der Waals surface area (Å²) in [4.78, 5) is 10.8. The lowest BCUT2D eigenvalue weighted by atomic mass is 10.2. The van der Waals surface area contributed by atoms with Crippen molar-refractivity contribution in [3.05, 3.63) is 11.6 Å². The van der Waals surface area contributed by atoms with Crippen molar-refractivity contribution in [3.63, 3.8) is 0 Å². The van der Waals surface area contributed by atoms with Gasteiger partial charge in [0.2, 0.25) is 0 Å².